The normalized spacial score (nSPS) is 28.7. The summed E-state index contributed by atoms with van der Waals surface area (Å²) in [7, 11) is 0. The largest absolute Gasteiger partial charge is 0.465 e. The van der Waals surface area contributed by atoms with Gasteiger partial charge in [0.05, 0.1) is 6.20 Å². The molecule has 1 aliphatic heterocycles. The molecule has 0 aromatic carbocycles. The first-order chi connectivity index (χ1) is 8.66. The number of anilines is 1. The number of carbonyl (C=O) groups is 2. The van der Waals surface area contributed by atoms with Crippen LogP contribution in [0.3, 0.4) is 0 Å². The number of hydrogen-bond donors (Lipinski definition) is 2. The predicted octanol–water partition coefficient (Wildman–Crippen LogP) is 0.556. The average Bonchev–Trinajstić information content (AvgIpc) is 3.00. The van der Waals surface area contributed by atoms with Gasteiger partial charge in [-0.25, -0.2) is 9.78 Å². The standard InChI is InChI=1S/C11H12N4O3/c16-10(14-9-5-12-1-2-13-9)8-4-6-3-7(6)15(8)11(17)18/h1-2,5-8H,3-4H2,(H,17,18)(H,13,14,16). The second kappa shape index (κ2) is 3.94. The lowest BCUT2D eigenvalue weighted by Gasteiger charge is -2.23. The Morgan fingerprint density at radius 1 is 1.39 bits per heavy atom. The van der Waals surface area contributed by atoms with Crippen LogP contribution in [-0.4, -0.2) is 44.1 Å². The van der Waals surface area contributed by atoms with Gasteiger partial charge in [-0.2, -0.15) is 0 Å². The van der Waals surface area contributed by atoms with Crippen LogP contribution in [0.1, 0.15) is 12.8 Å². The minimum absolute atomic E-state index is 0.0279. The highest BCUT2D eigenvalue weighted by Crippen LogP contribution is 2.47. The number of nitrogens with zero attached hydrogens (tertiary/aromatic N) is 3. The van der Waals surface area contributed by atoms with Crippen LogP contribution in [0, 0.1) is 5.92 Å². The van der Waals surface area contributed by atoms with Crippen LogP contribution in [0.25, 0.3) is 0 Å². The Labute approximate surface area is 103 Å². The number of aromatic nitrogens is 2. The number of carboxylic acid groups (broad SMARTS) is 1. The maximum atomic E-state index is 12.0. The fourth-order valence-corrected chi connectivity index (χ4v) is 2.54. The zero-order valence-electron chi connectivity index (χ0n) is 9.48. The molecule has 7 heteroatoms. The summed E-state index contributed by atoms with van der Waals surface area (Å²) in [5.74, 6) is 0.359. The summed E-state index contributed by atoms with van der Waals surface area (Å²) in [5, 5.41) is 11.7. The van der Waals surface area contributed by atoms with E-state index in [0.717, 1.165) is 6.42 Å². The highest BCUT2D eigenvalue weighted by Gasteiger charge is 2.56. The minimum Gasteiger partial charge on any atom is -0.465 e. The SMILES string of the molecule is O=C(Nc1cnccn1)C1CC2CC2N1C(=O)O. The quantitative estimate of drug-likeness (QED) is 0.797. The smallest absolute Gasteiger partial charge is 0.408 e. The molecule has 2 heterocycles. The van der Waals surface area contributed by atoms with Gasteiger partial charge in [-0.3, -0.25) is 14.7 Å². The summed E-state index contributed by atoms with van der Waals surface area (Å²) < 4.78 is 0. The monoisotopic (exact) mass is 248 g/mol. The van der Waals surface area contributed by atoms with Gasteiger partial charge in [-0.1, -0.05) is 0 Å². The average molecular weight is 248 g/mol. The first-order valence-corrected chi connectivity index (χ1v) is 5.75. The first kappa shape index (κ1) is 10.9. The van der Waals surface area contributed by atoms with E-state index < -0.39 is 12.1 Å². The van der Waals surface area contributed by atoms with Gasteiger partial charge in [0.2, 0.25) is 5.91 Å². The van der Waals surface area contributed by atoms with Crippen molar-refractivity contribution in [2.45, 2.75) is 24.9 Å². The van der Waals surface area contributed by atoms with Gasteiger partial charge in [-0.05, 0) is 18.8 Å². The van der Waals surface area contributed by atoms with E-state index in [-0.39, 0.29) is 11.9 Å². The molecule has 0 radical (unpaired) electrons. The van der Waals surface area contributed by atoms with Gasteiger partial charge in [0, 0.05) is 18.4 Å². The molecule has 1 aromatic heterocycles. The first-order valence-electron chi connectivity index (χ1n) is 5.75. The molecule has 7 nitrogen and oxygen atoms in total. The molecule has 1 aromatic rings. The number of amides is 2. The van der Waals surface area contributed by atoms with Crippen molar-refractivity contribution in [3.05, 3.63) is 18.6 Å². The third kappa shape index (κ3) is 1.77. The lowest BCUT2D eigenvalue weighted by Crippen LogP contribution is -2.44. The van der Waals surface area contributed by atoms with Crippen molar-refractivity contribution in [1.29, 1.82) is 0 Å². The lowest BCUT2D eigenvalue weighted by molar-refractivity contribution is -0.120. The molecule has 18 heavy (non-hydrogen) atoms. The predicted molar refractivity (Wildman–Crippen MR) is 60.8 cm³/mol. The molecule has 0 bridgehead atoms. The van der Waals surface area contributed by atoms with Gasteiger partial charge in [0.25, 0.3) is 0 Å². The van der Waals surface area contributed by atoms with Crippen molar-refractivity contribution in [2.75, 3.05) is 5.32 Å². The fraction of sp³-hybridized carbons (Fsp3) is 0.455. The summed E-state index contributed by atoms with van der Waals surface area (Å²) in [5.41, 5.74) is 0. The van der Waals surface area contributed by atoms with Crippen molar-refractivity contribution < 1.29 is 14.7 Å². The van der Waals surface area contributed by atoms with E-state index in [0.29, 0.717) is 18.2 Å². The van der Waals surface area contributed by atoms with Crippen LogP contribution in [-0.2, 0) is 4.79 Å². The Morgan fingerprint density at radius 2 is 2.22 bits per heavy atom. The molecule has 2 amide bonds. The van der Waals surface area contributed by atoms with Crippen molar-refractivity contribution in [3.8, 4) is 0 Å². The number of nitrogens with one attached hydrogen (secondary N) is 1. The zero-order chi connectivity index (χ0) is 12.7. The number of rotatable bonds is 2. The molecule has 1 saturated carbocycles. The Bertz CT molecular complexity index is 492. The Hall–Kier alpha value is -2.18. The summed E-state index contributed by atoms with van der Waals surface area (Å²) in [6.45, 7) is 0. The molecule has 2 fully saturated rings. The number of hydrogen-bond acceptors (Lipinski definition) is 4. The molecule has 3 atom stereocenters. The summed E-state index contributed by atoms with van der Waals surface area (Å²) in [4.78, 5) is 32.2. The zero-order valence-corrected chi connectivity index (χ0v) is 9.48. The molecule has 2 aliphatic rings. The highest BCUT2D eigenvalue weighted by atomic mass is 16.4. The van der Waals surface area contributed by atoms with Crippen LogP contribution >= 0.6 is 0 Å². The van der Waals surface area contributed by atoms with Crippen molar-refractivity contribution >= 4 is 17.8 Å². The summed E-state index contributed by atoms with van der Waals surface area (Å²) in [6, 6.07) is -0.576. The van der Waals surface area contributed by atoms with E-state index in [1.54, 1.807) is 0 Å². The lowest BCUT2D eigenvalue weighted by atomic mass is 10.1. The van der Waals surface area contributed by atoms with Crippen LogP contribution in [0.2, 0.25) is 0 Å². The Morgan fingerprint density at radius 3 is 2.89 bits per heavy atom. The minimum atomic E-state index is -1.03. The number of likely N-dealkylation sites (tertiary alicyclic amines) is 1. The van der Waals surface area contributed by atoms with Gasteiger partial charge < -0.3 is 10.4 Å². The van der Waals surface area contributed by atoms with Crippen LogP contribution in [0.15, 0.2) is 18.6 Å². The van der Waals surface area contributed by atoms with E-state index in [9.17, 15) is 9.59 Å². The van der Waals surface area contributed by atoms with Crippen LogP contribution in [0.4, 0.5) is 10.6 Å². The Kier molecular flexibility index (Phi) is 2.39. The number of carbonyl (C=O) groups excluding carboxylic acids is 1. The van der Waals surface area contributed by atoms with Crippen LogP contribution in [0.5, 0.6) is 0 Å². The molecule has 94 valence electrons. The molecule has 1 aliphatic carbocycles. The van der Waals surface area contributed by atoms with Crippen molar-refractivity contribution in [2.24, 2.45) is 5.92 Å². The van der Waals surface area contributed by atoms with Crippen LogP contribution < -0.4 is 5.32 Å². The number of piperidine rings is 1. The maximum absolute atomic E-state index is 12.0. The summed E-state index contributed by atoms with van der Waals surface area (Å²) >= 11 is 0. The third-order valence-corrected chi connectivity index (χ3v) is 3.44. The molecular formula is C11H12N4O3. The van der Waals surface area contributed by atoms with E-state index in [1.165, 1.54) is 23.5 Å². The molecular weight excluding hydrogens is 236 g/mol. The topological polar surface area (TPSA) is 95.4 Å². The van der Waals surface area contributed by atoms with E-state index in [4.69, 9.17) is 5.11 Å². The second-order valence-electron chi connectivity index (χ2n) is 4.58. The Balaban J connectivity index is 1.71. The van der Waals surface area contributed by atoms with Crippen molar-refractivity contribution in [3.63, 3.8) is 0 Å². The number of fused-ring (bicyclic) bond motifs is 1. The second-order valence-corrected chi connectivity index (χ2v) is 4.58. The van der Waals surface area contributed by atoms with Gasteiger partial charge in [0.15, 0.2) is 5.82 Å². The van der Waals surface area contributed by atoms with E-state index >= 15 is 0 Å². The fourth-order valence-electron chi connectivity index (χ4n) is 2.54. The summed E-state index contributed by atoms with van der Waals surface area (Å²) in [6.07, 6.45) is 4.85. The molecule has 0 spiro atoms. The van der Waals surface area contributed by atoms with E-state index in [1.807, 2.05) is 0 Å². The van der Waals surface area contributed by atoms with Gasteiger partial charge >= 0.3 is 6.09 Å². The van der Waals surface area contributed by atoms with E-state index in [2.05, 4.69) is 15.3 Å². The molecule has 2 N–H and O–H groups in total. The van der Waals surface area contributed by atoms with Crippen molar-refractivity contribution in [1.82, 2.24) is 14.9 Å². The molecule has 1 saturated heterocycles. The highest BCUT2D eigenvalue weighted by molar-refractivity contribution is 5.96. The van der Waals surface area contributed by atoms with Gasteiger partial charge in [0.1, 0.15) is 6.04 Å². The van der Waals surface area contributed by atoms with Gasteiger partial charge in [-0.15, -0.1) is 0 Å². The third-order valence-electron chi connectivity index (χ3n) is 3.44. The maximum Gasteiger partial charge on any atom is 0.408 e. The molecule has 3 rings (SSSR count). The molecule has 3 unspecified atom stereocenters.